The fourth-order valence-corrected chi connectivity index (χ4v) is 1.43. The van der Waals surface area contributed by atoms with Crippen molar-refractivity contribution in [1.29, 1.82) is 0 Å². The minimum atomic E-state index is -0.525. The zero-order valence-corrected chi connectivity index (χ0v) is 10.6. The highest BCUT2D eigenvalue weighted by Crippen LogP contribution is 2.17. The maximum absolute atomic E-state index is 11.7. The summed E-state index contributed by atoms with van der Waals surface area (Å²) in [6, 6.07) is 4.86. The van der Waals surface area contributed by atoms with Gasteiger partial charge < -0.3 is 4.74 Å². The lowest BCUT2D eigenvalue weighted by Crippen LogP contribution is -2.10. The molecule has 0 fully saturated rings. The van der Waals surface area contributed by atoms with Crippen LogP contribution >= 0.6 is 15.9 Å². The van der Waals surface area contributed by atoms with Crippen molar-refractivity contribution < 1.29 is 9.53 Å². The largest absolute Gasteiger partial charge is 0.422 e. The fourth-order valence-electron chi connectivity index (χ4n) is 1.11. The molecule has 0 spiro atoms. The second kappa shape index (κ2) is 5.07. The van der Waals surface area contributed by atoms with Gasteiger partial charge in [-0.2, -0.15) is 0 Å². The van der Waals surface area contributed by atoms with Crippen LogP contribution in [0, 0.1) is 0 Å². The van der Waals surface area contributed by atoms with Crippen LogP contribution in [0.2, 0.25) is 0 Å². The van der Waals surface area contributed by atoms with Gasteiger partial charge in [0.2, 0.25) is 5.43 Å². The quantitative estimate of drug-likeness (QED) is 0.784. The van der Waals surface area contributed by atoms with Crippen molar-refractivity contribution in [1.82, 2.24) is 0 Å². The number of rotatable bonds is 2. The topological polar surface area (TPSA) is 43.4 Å². The van der Waals surface area contributed by atoms with Gasteiger partial charge in [0.25, 0.3) is 0 Å². The molecule has 0 unspecified atom stereocenters. The van der Waals surface area contributed by atoms with E-state index in [1.807, 2.05) is 6.92 Å². The highest BCUT2D eigenvalue weighted by atomic mass is 79.9. The molecule has 0 N–H and O–H groups in total. The van der Waals surface area contributed by atoms with Crippen molar-refractivity contribution in [2.75, 3.05) is 0 Å². The SMILES string of the molecule is C=C(C)c1ccc(Br)c(=O)c(OC(C)=O)c1. The number of carbonyl (C=O) groups is 1. The first-order valence-corrected chi connectivity index (χ1v) is 5.39. The highest BCUT2D eigenvalue weighted by Gasteiger charge is 2.07. The molecule has 0 aromatic heterocycles. The molecular formula is C12H11BrO3. The monoisotopic (exact) mass is 282 g/mol. The van der Waals surface area contributed by atoms with Crippen LogP contribution in [-0.4, -0.2) is 5.97 Å². The van der Waals surface area contributed by atoms with E-state index in [0.717, 1.165) is 11.1 Å². The fraction of sp³-hybridized carbons (Fsp3) is 0.167. The molecule has 0 heterocycles. The Hall–Kier alpha value is -1.42. The van der Waals surface area contributed by atoms with Gasteiger partial charge >= 0.3 is 5.97 Å². The number of ether oxygens (including phenoxy) is 1. The van der Waals surface area contributed by atoms with Crippen molar-refractivity contribution in [3.8, 4) is 5.75 Å². The third-order valence-corrected chi connectivity index (χ3v) is 2.51. The van der Waals surface area contributed by atoms with Gasteiger partial charge in [0, 0.05) is 6.92 Å². The van der Waals surface area contributed by atoms with Crippen LogP contribution in [0.5, 0.6) is 5.75 Å². The van der Waals surface area contributed by atoms with Gasteiger partial charge in [0.05, 0.1) is 4.47 Å². The average molecular weight is 283 g/mol. The van der Waals surface area contributed by atoms with Gasteiger partial charge in [-0.1, -0.05) is 18.2 Å². The summed E-state index contributed by atoms with van der Waals surface area (Å²) in [6.07, 6.45) is 0. The first-order valence-electron chi connectivity index (χ1n) is 4.60. The van der Waals surface area contributed by atoms with Crippen molar-refractivity contribution in [3.05, 3.63) is 45.0 Å². The summed E-state index contributed by atoms with van der Waals surface area (Å²) in [6.45, 7) is 6.84. The third-order valence-electron chi connectivity index (χ3n) is 1.88. The number of hydrogen-bond acceptors (Lipinski definition) is 3. The Kier molecular flexibility index (Phi) is 4.01. The van der Waals surface area contributed by atoms with Crippen molar-refractivity contribution in [3.63, 3.8) is 0 Å². The molecule has 0 bridgehead atoms. The molecule has 16 heavy (non-hydrogen) atoms. The number of carbonyl (C=O) groups excluding carboxylic acids is 1. The summed E-state index contributed by atoms with van der Waals surface area (Å²) in [7, 11) is 0. The average Bonchev–Trinajstić information content (AvgIpc) is 2.30. The normalized spacial score (nSPS) is 9.69. The van der Waals surface area contributed by atoms with E-state index in [4.69, 9.17) is 4.74 Å². The molecule has 0 saturated heterocycles. The molecule has 1 aromatic rings. The Bertz CT molecular complexity index is 506. The van der Waals surface area contributed by atoms with Crippen LogP contribution in [0.4, 0.5) is 0 Å². The summed E-state index contributed by atoms with van der Waals surface area (Å²) >= 11 is 3.12. The maximum atomic E-state index is 11.7. The lowest BCUT2D eigenvalue weighted by molar-refractivity contribution is -0.131. The van der Waals surface area contributed by atoms with Gasteiger partial charge in [0.15, 0.2) is 5.75 Å². The Labute approximate surface area is 102 Å². The molecule has 0 saturated carbocycles. The Morgan fingerprint density at radius 3 is 2.50 bits per heavy atom. The lowest BCUT2D eigenvalue weighted by Gasteiger charge is -1.98. The molecular weight excluding hydrogens is 272 g/mol. The van der Waals surface area contributed by atoms with Gasteiger partial charge in [-0.3, -0.25) is 9.59 Å². The van der Waals surface area contributed by atoms with Crippen LogP contribution in [0.3, 0.4) is 0 Å². The molecule has 1 aromatic carbocycles. The molecule has 0 atom stereocenters. The van der Waals surface area contributed by atoms with E-state index in [1.165, 1.54) is 13.0 Å². The molecule has 0 aliphatic heterocycles. The van der Waals surface area contributed by atoms with E-state index in [2.05, 4.69) is 22.5 Å². The first kappa shape index (κ1) is 12.6. The number of halogens is 1. The molecule has 0 amide bonds. The summed E-state index contributed by atoms with van der Waals surface area (Å²) < 4.78 is 5.20. The van der Waals surface area contributed by atoms with E-state index in [-0.39, 0.29) is 11.2 Å². The maximum Gasteiger partial charge on any atom is 0.308 e. The van der Waals surface area contributed by atoms with Gasteiger partial charge in [-0.25, -0.2) is 0 Å². The first-order chi connectivity index (χ1) is 7.41. The van der Waals surface area contributed by atoms with E-state index in [1.54, 1.807) is 12.1 Å². The lowest BCUT2D eigenvalue weighted by atomic mass is 10.1. The van der Waals surface area contributed by atoms with Crippen molar-refractivity contribution >= 4 is 27.5 Å². The Balaban J connectivity index is 3.46. The highest BCUT2D eigenvalue weighted by molar-refractivity contribution is 9.10. The van der Waals surface area contributed by atoms with Gasteiger partial charge in [-0.05, 0) is 40.5 Å². The summed E-state index contributed by atoms with van der Waals surface area (Å²) in [5.41, 5.74) is 1.18. The number of allylic oxidation sites excluding steroid dienone is 1. The smallest absolute Gasteiger partial charge is 0.308 e. The minimum absolute atomic E-state index is 0.00220. The number of hydrogen-bond donors (Lipinski definition) is 0. The predicted octanol–water partition coefficient (Wildman–Crippen LogP) is 2.77. The van der Waals surface area contributed by atoms with E-state index in [9.17, 15) is 9.59 Å². The van der Waals surface area contributed by atoms with Crippen LogP contribution < -0.4 is 10.2 Å². The molecule has 0 aliphatic carbocycles. The molecule has 1 rings (SSSR count). The van der Waals surface area contributed by atoms with Gasteiger partial charge in [0.1, 0.15) is 0 Å². The second-order valence-corrected chi connectivity index (χ2v) is 4.20. The number of esters is 1. The van der Waals surface area contributed by atoms with Crippen molar-refractivity contribution in [2.45, 2.75) is 13.8 Å². The minimum Gasteiger partial charge on any atom is -0.422 e. The molecule has 4 heteroatoms. The standard InChI is InChI=1S/C12H11BrO3/c1-7(2)9-4-5-10(13)12(15)11(6-9)16-8(3)14/h4-6H,1H2,2-3H3. The van der Waals surface area contributed by atoms with E-state index in [0.29, 0.717) is 4.47 Å². The molecule has 3 nitrogen and oxygen atoms in total. The van der Waals surface area contributed by atoms with E-state index < -0.39 is 5.97 Å². The van der Waals surface area contributed by atoms with Crippen LogP contribution in [0.15, 0.2) is 34.0 Å². The molecule has 0 aliphatic rings. The second-order valence-electron chi connectivity index (χ2n) is 3.35. The molecule has 84 valence electrons. The summed E-state index contributed by atoms with van der Waals surface area (Å²) in [5.74, 6) is -0.523. The van der Waals surface area contributed by atoms with Crippen LogP contribution in [0.25, 0.3) is 5.57 Å². The Morgan fingerprint density at radius 2 is 2.00 bits per heavy atom. The van der Waals surface area contributed by atoms with Crippen LogP contribution in [-0.2, 0) is 4.79 Å². The summed E-state index contributed by atoms with van der Waals surface area (Å²) in [4.78, 5) is 22.6. The van der Waals surface area contributed by atoms with Gasteiger partial charge in [-0.15, -0.1) is 0 Å². The van der Waals surface area contributed by atoms with Crippen molar-refractivity contribution in [2.24, 2.45) is 0 Å². The van der Waals surface area contributed by atoms with Crippen LogP contribution in [0.1, 0.15) is 19.4 Å². The third kappa shape index (κ3) is 3.03. The zero-order valence-electron chi connectivity index (χ0n) is 9.04. The molecule has 0 radical (unpaired) electrons. The van der Waals surface area contributed by atoms with E-state index >= 15 is 0 Å². The summed E-state index contributed by atoms with van der Waals surface area (Å²) in [5, 5.41) is 0. The predicted molar refractivity (Wildman–Crippen MR) is 66.4 cm³/mol. The Morgan fingerprint density at radius 1 is 1.38 bits per heavy atom. The zero-order chi connectivity index (χ0) is 12.3.